The molecule has 6 heteroatoms. The Kier molecular flexibility index (Phi) is 7.74. The van der Waals surface area contributed by atoms with Gasteiger partial charge in [-0.25, -0.2) is 0 Å². The summed E-state index contributed by atoms with van der Waals surface area (Å²) in [4.78, 5) is 19.8. The number of amides is 1. The number of thioether (sulfide) groups is 1. The Morgan fingerprint density at radius 2 is 1.17 bits per heavy atom. The zero-order chi connectivity index (χ0) is 35.9. The van der Waals surface area contributed by atoms with Crippen LogP contribution in [0.15, 0.2) is 126 Å². The predicted molar refractivity (Wildman–Crippen MR) is 225 cm³/mol. The van der Waals surface area contributed by atoms with Crippen LogP contribution in [0.3, 0.4) is 0 Å². The first kappa shape index (κ1) is 33.1. The van der Waals surface area contributed by atoms with Gasteiger partial charge in [0.2, 0.25) is 0 Å². The maximum Gasteiger partial charge on any atom is 0.266 e. The number of anilines is 3. The van der Waals surface area contributed by atoms with Gasteiger partial charge < -0.3 is 4.90 Å². The van der Waals surface area contributed by atoms with Crippen molar-refractivity contribution >= 4 is 68.7 Å². The second-order valence-corrected chi connectivity index (χ2v) is 17.6. The van der Waals surface area contributed by atoms with E-state index in [0.29, 0.717) is 15.8 Å². The van der Waals surface area contributed by atoms with E-state index in [2.05, 4.69) is 154 Å². The minimum absolute atomic E-state index is 0.00506. The number of carbonyl (C=O) groups excluding carboxylic acids is 1. The Morgan fingerprint density at radius 3 is 1.71 bits per heavy atom. The molecule has 1 aliphatic heterocycles. The van der Waals surface area contributed by atoms with E-state index < -0.39 is 0 Å². The van der Waals surface area contributed by atoms with Crippen LogP contribution >= 0.6 is 35.3 Å². The lowest BCUT2D eigenvalue weighted by molar-refractivity contribution is -0.121. The highest BCUT2D eigenvalue weighted by Crippen LogP contribution is 2.53. The van der Waals surface area contributed by atoms with E-state index in [4.69, 9.17) is 12.2 Å². The minimum Gasteiger partial charge on any atom is -0.310 e. The van der Waals surface area contributed by atoms with Crippen LogP contribution in [-0.2, 0) is 15.6 Å². The van der Waals surface area contributed by atoms with Crippen LogP contribution in [0.1, 0.15) is 61.7 Å². The van der Waals surface area contributed by atoms with E-state index in [1.54, 1.807) is 16.2 Å². The van der Waals surface area contributed by atoms with Crippen LogP contribution in [0.5, 0.6) is 0 Å². The monoisotopic (exact) mass is 730 g/mol. The Morgan fingerprint density at radius 1 is 0.654 bits per heavy atom. The lowest BCUT2D eigenvalue weighted by atomic mass is 9.82. The summed E-state index contributed by atoms with van der Waals surface area (Å²) in [5.41, 5.74) is 15.1. The molecule has 0 unspecified atom stereocenters. The van der Waals surface area contributed by atoms with Gasteiger partial charge in [0.05, 0.1) is 4.91 Å². The zero-order valence-electron chi connectivity index (χ0n) is 29.9. The molecule has 5 aromatic carbocycles. The van der Waals surface area contributed by atoms with Gasteiger partial charge in [0, 0.05) is 44.2 Å². The van der Waals surface area contributed by atoms with Gasteiger partial charge >= 0.3 is 0 Å². The van der Waals surface area contributed by atoms with Crippen LogP contribution in [0.2, 0.25) is 0 Å². The maximum absolute atomic E-state index is 12.8. The fourth-order valence-corrected chi connectivity index (χ4v) is 10.8. The van der Waals surface area contributed by atoms with Crippen LogP contribution in [0.4, 0.5) is 17.1 Å². The van der Waals surface area contributed by atoms with Crippen molar-refractivity contribution in [2.24, 2.45) is 0 Å². The fraction of sp³-hybridized carbons (Fsp3) is 0.174. The SMILES string of the molecule is CCN1C(=O)/C(=C/c2ccc(-c3ccc(N(c4ccc5c(c4)C(C)(C)c4ccccc4-5)c4ccc5c(c4)C(C)(C)c4ccccc4-5)cc3)s2)SC1=S. The average molecular weight is 731 g/mol. The van der Waals surface area contributed by atoms with E-state index in [9.17, 15) is 4.79 Å². The highest BCUT2D eigenvalue weighted by atomic mass is 32.2. The minimum atomic E-state index is -0.105. The first-order chi connectivity index (χ1) is 25.1. The van der Waals surface area contributed by atoms with E-state index in [1.807, 2.05) is 13.0 Å². The number of hydrogen-bond donors (Lipinski definition) is 0. The lowest BCUT2D eigenvalue weighted by Crippen LogP contribution is -2.27. The molecule has 3 aliphatic rings. The van der Waals surface area contributed by atoms with Gasteiger partial charge in [0.25, 0.3) is 5.91 Å². The first-order valence-corrected chi connectivity index (χ1v) is 19.8. The standard InChI is InChI=1S/C46H38N2OS3/c1-6-47-43(49)42(52-44(47)50)27-32-21-24-41(51-32)28-15-17-29(18-16-28)48(30-19-22-35-33-11-7-9-13-37(33)45(2,3)39(35)25-30)31-20-23-36-34-12-8-10-14-38(34)46(4,5)40(36)26-31/h7-27H,6H2,1-5H3/b42-27-. The molecule has 6 aromatic rings. The first-order valence-electron chi connectivity index (χ1n) is 17.8. The third kappa shape index (κ3) is 5.07. The van der Waals surface area contributed by atoms with E-state index in [1.165, 1.54) is 56.3 Å². The molecule has 1 aromatic heterocycles. The van der Waals surface area contributed by atoms with E-state index in [-0.39, 0.29) is 16.7 Å². The molecule has 0 bridgehead atoms. The number of thiophene rings is 1. The summed E-state index contributed by atoms with van der Waals surface area (Å²) in [6.45, 7) is 11.9. The molecule has 0 saturated carbocycles. The van der Waals surface area contributed by atoms with Crippen molar-refractivity contribution in [3.05, 3.63) is 153 Å². The summed E-state index contributed by atoms with van der Waals surface area (Å²) in [5, 5.41) is 0. The molecule has 0 spiro atoms. The highest BCUT2D eigenvalue weighted by Gasteiger charge is 2.38. The van der Waals surface area contributed by atoms with Gasteiger partial charge in [0.1, 0.15) is 4.32 Å². The summed E-state index contributed by atoms with van der Waals surface area (Å²) in [5.74, 6) is -0.00506. The Bertz CT molecular complexity index is 2380. The molecule has 1 saturated heterocycles. The van der Waals surface area contributed by atoms with Crippen LogP contribution < -0.4 is 4.90 Å². The van der Waals surface area contributed by atoms with Gasteiger partial charge in [-0.3, -0.25) is 9.69 Å². The predicted octanol–water partition coefficient (Wildman–Crippen LogP) is 12.7. The van der Waals surface area contributed by atoms with Crippen molar-refractivity contribution in [2.75, 3.05) is 11.4 Å². The van der Waals surface area contributed by atoms with E-state index >= 15 is 0 Å². The Balaban J connectivity index is 1.12. The Labute approximate surface area is 319 Å². The molecule has 52 heavy (non-hydrogen) atoms. The number of hydrogen-bond acceptors (Lipinski definition) is 5. The molecule has 0 N–H and O–H groups in total. The molecular formula is C46H38N2OS3. The van der Waals surface area contributed by atoms with Crippen molar-refractivity contribution in [1.82, 2.24) is 4.90 Å². The number of likely N-dealkylation sites (N-methyl/N-ethyl adjacent to an activating group) is 1. The molecule has 2 heterocycles. The number of carbonyl (C=O) groups is 1. The topological polar surface area (TPSA) is 23.6 Å². The molecule has 0 radical (unpaired) electrons. The molecule has 1 fully saturated rings. The average Bonchev–Trinajstić information content (AvgIpc) is 3.85. The van der Waals surface area contributed by atoms with Gasteiger partial charge in [0.15, 0.2) is 0 Å². The summed E-state index contributed by atoms with van der Waals surface area (Å²) >= 11 is 8.50. The van der Waals surface area contributed by atoms with Crippen molar-refractivity contribution in [2.45, 2.75) is 45.4 Å². The molecule has 1 amide bonds. The third-order valence-electron chi connectivity index (χ3n) is 11.2. The number of benzene rings is 5. The van der Waals surface area contributed by atoms with Crippen LogP contribution in [0.25, 0.3) is 38.8 Å². The third-order valence-corrected chi connectivity index (χ3v) is 13.6. The smallest absolute Gasteiger partial charge is 0.266 e. The number of thiocarbonyl (C=S) groups is 1. The van der Waals surface area contributed by atoms with Crippen molar-refractivity contribution < 1.29 is 4.79 Å². The normalized spacial score (nSPS) is 16.9. The van der Waals surface area contributed by atoms with Crippen molar-refractivity contribution in [1.29, 1.82) is 0 Å². The second-order valence-electron chi connectivity index (χ2n) is 14.8. The largest absolute Gasteiger partial charge is 0.310 e. The van der Waals surface area contributed by atoms with Crippen molar-refractivity contribution in [3.8, 4) is 32.7 Å². The number of rotatable bonds is 6. The van der Waals surface area contributed by atoms with Gasteiger partial charge in [-0.2, -0.15) is 0 Å². The Hall–Kier alpha value is -4.75. The molecule has 9 rings (SSSR count). The lowest BCUT2D eigenvalue weighted by Gasteiger charge is -2.30. The molecule has 256 valence electrons. The summed E-state index contributed by atoms with van der Waals surface area (Å²) in [7, 11) is 0. The number of nitrogens with zero attached hydrogens (tertiary/aromatic N) is 2. The highest BCUT2D eigenvalue weighted by molar-refractivity contribution is 8.26. The summed E-state index contributed by atoms with van der Waals surface area (Å²) in [6.07, 6.45) is 1.97. The molecule has 3 nitrogen and oxygen atoms in total. The van der Waals surface area contributed by atoms with Gasteiger partial charge in [-0.15, -0.1) is 11.3 Å². The molecular weight excluding hydrogens is 693 g/mol. The van der Waals surface area contributed by atoms with Gasteiger partial charge in [-0.1, -0.05) is 124 Å². The summed E-state index contributed by atoms with van der Waals surface area (Å²) < 4.78 is 0.628. The fourth-order valence-electron chi connectivity index (χ4n) is 8.37. The molecule has 0 atom stereocenters. The van der Waals surface area contributed by atoms with Crippen LogP contribution in [0, 0.1) is 0 Å². The molecule has 2 aliphatic carbocycles. The quantitative estimate of drug-likeness (QED) is 0.126. The number of fused-ring (bicyclic) bond motifs is 6. The zero-order valence-corrected chi connectivity index (χ0v) is 32.3. The van der Waals surface area contributed by atoms with Crippen LogP contribution in [-0.4, -0.2) is 21.7 Å². The maximum atomic E-state index is 12.8. The van der Waals surface area contributed by atoms with Gasteiger partial charge in [-0.05, 0) is 112 Å². The summed E-state index contributed by atoms with van der Waals surface area (Å²) in [6, 6.07) is 44.8. The van der Waals surface area contributed by atoms with Crippen molar-refractivity contribution in [3.63, 3.8) is 0 Å². The van der Waals surface area contributed by atoms with E-state index in [0.717, 1.165) is 32.4 Å². The second kappa shape index (κ2) is 12.2.